The summed E-state index contributed by atoms with van der Waals surface area (Å²) in [5.74, 6) is 3.57. The third-order valence-electron chi connectivity index (χ3n) is 6.98. The summed E-state index contributed by atoms with van der Waals surface area (Å²) in [5.41, 5.74) is 3.43. The minimum Gasteiger partial charge on any atom is -0.450 e. The molecule has 8 heteroatoms. The number of aromatic amines is 1. The van der Waals surface area contributed by atoms with Gasteiger partial charge >= 0.3 is 0 Å². The molecule has 166 valence electrons. The lowest BCUT2D eigenvalue weighted by Crippen LogP contribution is -2.37. The topological polar surface area (TPSA) is 103 Å². The lowest BCUT2D eigenvalue weighted by atomic mass is 9.86. The third kappa shape index (κ3) is 3.48. The van der Waals surface area contributed by atoms with E-state index in [9.17, 15) is 5.11 Å². The molecule has 0 bridgehead atoms. The fraction of sp³-hybridized carbons (Fsp3) is 0.458. The first kappa shape index (κ1) is 19.5. The molecule has 3 N–H and O–H groups in total. The maximum Gasteiger partial charge on any atom is 0.228 e. The zero-order chi connectivity index (χ0) is 21.7. The van der Waals surface area contributed by atoms with Crippen LogP contribution in [-0.2, 0) is 0 Å². The van der Waals surface area contributed by atoms with E-state index in [0.29, 0.717) is 35.1 Å². The van der Waals surface area contributed by atoms with Crippen LogP contribution in [-0.4, -0.2) is 45.0 Å². The lowest BCUT2D eigenvalue weighted by molar-refractivity contribution is 0.170. The number of aliphatic hydroxyl groups is 1. The molecule has 0 amide bonds. The molecule has 1 saturated heterocycles. The monoisotopic (exact) mass is 432 g/mol. The van der Waals surface area contributed by atoms with Crippen molar-refractivity contribution >= 4 is 39.7 Å². The molecule has 2 fully saturated rings. The molecule has 2 aliphatic rings. The van der Waals surface area contributed by atoms with Gasteiger partial charge in [-0.2, -0.15) is 10.1 Å². The van der Waals surface area contributed by atoms with Crippen molar-refractivity contribution in [2.45, 2.75) is 38.5 Å². The molecule has 1 aromatic carbocycles. The Morgan fingerprint density at radius 3 is 2.78 bits per heavy atom. The van der Waals surface area contributed by atoms with Crippen molar-refractivity contribution in [3.8, 4) is 0 Å². The summed E-state index contributed by atoms with van der Waals surface area (Å²) in [5, 5.41) is 21.5. The quantitative estimate of drug-likeness (QED) is 0.410. The van der Waals surface area contributed by atoms with E-state index in [1.54, 1.807) is 0 Å². The number of benzene rings is 1. The Kier molecular flexibility index (Phi) is 4.75. The Bertz CT molecular complexity index is 1250. The predicted octanol–water partition coefficient (Wildman–Crippen LogP) is 4.56. The van der Waals surface area contributed by atoms with E-state index in [4.69, 9.17) is 14.4 Å². The molecular formula is C24H28N6O2. The number of rotatable bonds is 6. The van der Waals surface area contributed by atoms with Crippen molar-refractivity contribution in [3.05, 3.63) is 36.0 Å². The smallest absolute Gasteiger partial charge is 0.228 e. The Labute approximate surface area is 186 Å². The third-order valence-corrected chi connectivity index (χ3v) is 6.98. The van der Waals surface area contributed by atoms with Gasteiger partial charge in [0, 0.05) is 42.8 Å². The second-order valence-electron chi connectivity index (χ2n) is 9.24. The number of nitrogens with one attached hydrogen (secondary N) is 2. The van der Waals surface area contributed by atoms with E-state index in [1.165, 1.54) is 18.5 Å². The van der Waals surface area contributed by atoms with Gasteiger partial charge in [-0.05, 0) is 49.7 Å². The first-order chi connectivity index (χ1) is 15.7. The minimum atomic E-state index is 0.245. The molecule has 6 rings (SSSR count). The number of anilines is 3. The number of hydrogen-bond acceptors (Lipinski definition) is 7. The summed E-state index contributed by atoms with van der Waals surface area (Å²) in [6.07, 6.45) is 4.50. The van der Waals surface area contributed by atoms with Gasteiger partial charge in [0.1, 0.15) is 11.1 Å². The van der Waals surface area contributed by atoms with Crippen molar-refractivity contribution in [1.82, 2.24) is 20.2 Å². The second kappa shape index (κ2) is 7.78. The Morgan fingerprint density at radius 1 is 1.19 bits per heavy atom. The molecule has 1 saturated carbocycles. The molecule has 4 aromatic rings. The molecule has 4 heterocycles. The summed E-state index contributed by atoms with van der Waals surface area (Å²) < 4.78 is 6.16. The minimum absolute atomic E-state index is 0.245. The van der Waals surface area contributed by atoms with Crippen LogP contribution >= 0.6 is 0 Å². The lowest BCUT2D eigenvalue weighted by Gasteiger charge is -2.34. The van der Waals surface area contributed by atoms with Crippen LogP contribution in [0.5, 0.6) is 0 Å². The summed E-state index contributed by atoms with van der Waals surface area (Å²) in [4.78, 5) is 12.1. The standard InChI is InChI=1S/C24H28N6O2/c1-14(13-31)15-8-10-30(11-9-15)24-26-21-17-4-2-3-5-19(17)32-22(21)23(27-24)25-20-12-18(28-29-20)16-6-7-16/h2-5,12,14-16,31H,6-11,13H2,1H3,(H2,25,26,27,28,29). The van der Waals surface area contributed by atoms with Gasteiger partial charge in [0.05, 0.1) is 0 Å². The fourth-order valence-corrected chi connectivity index (χ4v) is 4.75. The first-order valence-electron chi connectivity index (χ1n) is 11.6. The highest BCUT2D eigenvalue weighted by molar-refractivity contribution is 6.06. The predicted molar refractivity (Wildman–Crippen MR) is 124 cm³/mol. The van der Waals surface area contributed by atoms with Crippen LogP contribution in [0.25, 0.3) is 22.1 Å². The highest BCUT2D eigenvalue weighted by atomic mass is 16.3. The van der Waals surface area contributed by atoms with Gasteiger partial charge in [-0.3, -0.25) is 5.10 Å². The number of aromatic nitrogens is 4. The van der Waals surface area contributed by atoms with E-state index in [0.717, 1.165) is 48.2 Å². The Hall–Kier alpha value is -3.13. The Balaban J connectivity index is 1.37. The molecule has 3 aromatic heterocycles. The molecule has 0 radical (unpaired) electrons. The van der Waals surface area contributed by atoms with E-state index in [1.807, 2.05) is 24.3 Å². The molecular weight excluding hydrogens is 404 g/mol. The van der Waals surface area contributed by atoms with Crippen LogP contribution in [0, 0.1) is 11.8 Å². The second-order valence-corrected chi connectivity index (χ2v) is 9.24. The number of aliphatic hydroxyl groups excluding tert-OH is 1. The number of para-hydroxylation sites is 1. The highest BCUT2D eigenvalue weighted by Gasteiger charge is 2.28. The van der Waals surface area contributed by atoms with Crippen LogP contribution < -0.4 is 10.2 Å². The number of hydrogen-bond donors (Lipinski definition) is 3. The van der Waals surface area contributed by atoms with Gasteiger partial charge in [-0.25, -0.2) is 4.98 Å². The number of furan rings is 1. The molecule has 1 aliphatic carbocycles. The Morgan fingerprint density at radius 2 is 2.00 bits per heavy atom. The van der Waals surface area contributed by atoms with Gasteiger partial charge in [0.25, 0.3) is 0 Å². The van der Waals surface area contributed by atoms with Crippen molar-refractivity contribution in [2.75, 3.05) is 29.9 Å². The zero-order valence-electron chi connectivity index (χ0n) is 18.2. The normalized spacial score (nSPS) is 18.5. The number of nitrogens with zero attached hydrogens (tertiary/aromatic N) is 4. The SMILES string of the molecule is CC(CO)C1CCN(c2nc(Nc3cc(C4CC4)[nH]n3)c3oc4ccccc4c3n2)CC1. The van der Waals surface area contributed by atoms with Gasteiger partial charge in [-0.1, -0.05) is 19.1 Å². The van der Waals surface area contributed by atoms with Crippen LogP contribution in [0.1, 0.15) is 44.2 Å². The van der Waals surface area contributed by atoms with Gasteiger partial charge in [0.15, 0.2) is 17.2 Å². The maximum atomic E-state index is 9.52. The number of fused-ring (bicyclic) bond motifs is 3. The van der Waals surface area contributed by atoms with Gasteiger partial charge < -0.3 is 19.7 Å². The first-order valence-corrected chi connectivity index (χ1v) is 11.6. The summed E-state index contributed by atoms with van der Waals surface area (Å²) in [7, 11) is 0. The van der Waals surface area contributed by atoms with Crippen molar-refractivity contribution in [1.29, 1.82) is 0 Å². The van der Waals surface area contributed by atoms with E-state index in [2.05, 4.69) is 33.4 Å². The number of H-pyrrole nitrogens is 1. The van der Waals surface area contributed by atoms with Crippen LogP contribution in [0.15, 0.2) is 34.7 Å². The molecule has 8 nitrogen and oxygen atoms in total. The van der Waals surface area contributed by atoms with Crippen LogP contribution in [0.3, 0.4) is 0 Å². The largest absolute Gasteiger partial charge is 0.450 e. The average molecular weight is 433 g/mol. The van der Waals surface area contributed by atoms with E-state index in [-0.39, 0.29) is 6.61 Å². The molecule has 1 aliphatic heterocycles. The van der Waals surface area contributed by atoms with Crippen molar-refractivity contribution < 1.29 is 9.52 Å². The van der Waals surface area contributed by atoms with Crippen molar-refractivity contribution in [2.24, 2.45) is 11.8 Å². The van der Waals surface area contributed by atoms with Crippen molar-refractivity contribution in [3.63, 3.8) is 0 Å². The molecule has 0 spiro atoms. The van der Waals surface area contributed by atoms with Gasteiger partial charge in [0.2, 0.25) is 5.95 Å². The maximum absolute atomic E-state index is 9.52. The number of piperidine rings is 1. The van der Waals surface area contributed by atoms with Crippen LogP contribution in [0.2, 0.25) is 0 Å². The zero-order valence-corrected chi connectivity index (χ0v) is 18.2. The molecule has 1 unspecified atom stereocenters. The highest BCUT2D eigenvalue weighted by Crippen LogP contribution is 2.40. The van der Waals surface area contributed by atoms with Crippen LogP contribution in [0.4, 0.5) is 17.6 Å². The summed E-state index contributed by atoms with van der Waals surface area (Å²) in [6.45, 7) is 4.13. The fourth-order valence-electron chi connectivity index (χ4n) is 4.75. The molecule has 1 atom stereocenters. The van der Waals surface area contributed by atoms with E-state index >= 15 is 0 Å². The summed E-state index contributed by atoms with van der Waals surface area (Å²) in [6, 6.07) is 10.0. The van der Waals surface area contributed by atoms with E-state index < -0.39 is 0 Å². The molecule has 32 heavy (non-hydrogen) atoms. The summed E-state index contributed by atoms with van der Waals surface area (Å²) >= 11 is 0. The van der Waals surface area contributed by atoms with Gasteiger partial charge in [-0.15, -0.1) is 0 Å². The average Bonchev–Trinajstić information content (AvgIpc) is 3.46.